The van der Waals surface area contributed by atoms with E-state index < -0.39 is 0 Å². The fourth-order valence-corrected chi connectivity index (χ4v) is 2.32. The van der Waals surface area contributed by atoms with Crippen molar-refractivity contribution < 1.29 is 4.39 Å². The van der Waals surface area contributed by atoms with Gasteiger partial charge in [-0.25, -0.2) is 14.1 Å². The lowest BCUT2D eigenvalue weighted by Gasteiger charge is -2.18. The topological polar surface area (TPSA) is 42.7 Å². The number of likely N-dealkylation sites (N-methyl/N-ethyl adjacent to an activating group) is 1. The molecule has 2 rings (SSSR count). The molecule has 1 aromatic heterocycles. The Hall–Kier alpha value is -1.75. The molecule has 1 aromatic carbocycles. The van der Waals surface area contributed by atoms with Crippen LogP contribution in [0.25, 0.3) is 0 Å². The molecule has 0 saturated heterocycles. The summed E-state index contributed by atoms with van der Waals surface area (Å²) >= 11 is 0. The van der Waals surface area contributed by atoms with Crippen LogP contribution in [0.15, 0.2) is 24.5 Å². The van der Waals surface area contributed by atoms with Crippen molar-refractivity contribution in [1.82, 2.24) is 20.1 Å². The summed E-state index contributed by atoms with van der Waals surface area (Å²) in [6.45, 7) is 5.99. The predicted octanol–water partition coefficient (Wildman–Crippen LogP) is 2.81. The van der Waals surface area contributed by atoms with Crippen LogP contribution in [-0.2, 0) is 6.42 Å². The highest BCUT2D eigenvalue weighted by Crippen LogP contribution is 2.22. The normalized spacial score (nSPS) is 12.9. The van der Waals surface area contributed by atoms with E-state index in [9.17, 15) is 4.39 Å². The first-order valence-electron chi connectivity index (χ1n) is 6.84. The summed E-state index contributed by atoms with van der Waals surface area (Å²) in [5, 5.41) is 7.38. The molecule has 5 heteroatoms. The Morgan fingerprint density at radius 3 is 2.70 bits per heavy atom. The molecule has 108 valence electrons. The van der Waals surface area contributed by atoms with Crippen molar-refractivity contribution >= 4 is 0 Å². The van der Waals surface area contributed by atoms with Gasteiger partial charge in [0.15, 0.2) is 0 Å². The van der Waals surface area contributed by atoms with Crippen molar-refractivity contribution in [3.05, 3.63) is 47.3 Å². The number of benzene rings is 1. The minimum Gasteiger partial charge on any atom is -0.313 e. The Kier molecular flexibility index (Phi) is 4.49. The van der Waals surface area contributed by atoms with E-state index in [0.29, 0.717) is 12.0 Å². The average molecular weight is 276 g/mol. The van der Waals surface area contributed by atoms with E-state index in [-0.39, 0.29) is 17.9 Å². The molecule has 1 heterocycles. The molecule has 4 nitrogen and oxygen atoms in total. The van der Waals surface area contributed by atoms with E-state index in [0.717, 1.165) is 11.4 Å². The zero-order chi connectivity index (χ0) is 14.7. The number of rotatable bonds is 5. The molecule has 1 N–H and O–H groups in total. The Labute approximate surface area is 119 Å². The van der Waals surface area contributed by atoms with E-state index in [1.54, 1.807) is 12.4 Å². The number of nitrogens with zero attached hydrogens (tertiary/aromatic N) is 3. The molecule has 0 saturated carbocycles. The molecule has 0 aliphatic heterocycles. The van der Waals surface area contributed by atoms with Gasteiger partial charge in [-0.2, -0.15) is 5.10 Å². The molecule has 0 aliphatic rings. The van der Waals surface area contributed by atoms with Crippen molar-refractivity contribution in [2.45, 2.75) is 39.3 Å². The smallest absolute Gasteiger partial charge is 0.138 e. The van der Waals surface area contributed by atoms with Crippen molar-refractivity contribution in [1.29, 1.82) is 0 Å². The van der Waals surface area contributed by atoms with Gasteiger partial charge in [-0.1, -0.05) is 12.1 Å². The molecule has 0 radical (unpaired) electrons. The number of aryl methyl sites for hydroxylation is 1. The fourth-order valence-electron chi connectivity index (χ4n) is 2.32. The first-order chi connectivity index (χ1) is 9.52. The highest BCUT2D eigenvalue weighted by Gasteiger charge is 2.18. The van der Waals surface area contributed by atoms with Gasteiger partial charge in [0.25, 0.3) is 0 Å². The van der Waals surface area contributed by atoms with Crippen LogP contribution >= 0.6 is 0 Å². The monoisotopic (exact) mass is 276 g/mol. The number of nitrogens with one attached hydrogen (secondary N) is 1. The van der Waals surface area contributed by atoms with Crippen molar-refractivity contribution in [2.24, 2.45) is 0 Å². The van der Waals surface area contributed by atoms with Crippen LogP contribution in [0.5, 0.6) is 0 Å². The molecule has 0 amide bonds. The van der Waals surface area contributed by atoms with Gasteiger partial charge in [0.1, 0.15) is 18.0 Å². The van der Waals surface area contributed by atoms with Gasteiger partial charge in [-0.15, -0.1) is 0 Å². The lowest BCUT2D eigenvalue weighted by Crippen LogP contribution is -2.22. The van der Waals surface area contributed by atoms with Crippen molar-refractivity contribution in [3.63, 3.8) is 0 Å². The van der Waals surface area contributed by atoms with E-state index in [4.69, 9.17) is 0 Å². The average Bonchev–Trinajstić information content (AvgIpc) is 2.85. The molecular weight excluding hydrogens is 255 g/mol. The third-order valence-electron chi connectivity index (χ3n) is 3.40. The summed E-state index contributed by atoms with van der Waals surface area (Å²) in [4.78, 5) is 4.29. The summed E-state index contributed by atoms with van der Waals surface area (Å²) in [5.74, 6) is 0.680. The maximum Gasteiger partial charge on any atom is 0.138 e. The highest BCUT2D eigenvalue weighted by atomic mass is 19.1. The Morgan fingerprint density at radius 2 is 2.10 bits per heavy atom. The maximum atomic E-state index is 14.1. The van der Waals surface area contributed by atoms with E-state index >= 15 is 0 Å². The number of aromatic nitrogens is 3. The second kappa shape index (κ2) is 6.13. The Balaban J connectivity index is 2.27. The SMILES string of the molecule is CNC(Cc1ncnn1C(C)C)c1ccc(C)cc1F. The molecule has 0 aliphatic carbocycles. The zero-order valence-corrected chi connectivity index (χ0v) is 12.4. The van der Waals surface area contributed by atoms with Gasteiger partial charge in [0, 0.05) is 24.1 Å². The van der Waals surface area contributed by atoms with E-state index in [1.165, 1.54) is 0 Å². The lowest BCUT2D eigenvalue weighted by molar-refractivity contribution is 0.468. The van der Waals surface area contributed by atoms with Crippen molar-refractivity contribution in [3.8, 4) is 0 Å². The fraction of sp³-hybridized carbons (Fsp3) is 0.467. The highest BCUT2D eigenvalue weighted by molar-refractivity contribution is 5.26. The molecule has 1 unspecified atom stereocenters. The van der Waals surface area contributed by atoms with Gasteiger partial charge in [-0.05, 0) is 39.4 Å². The van der Waals surface area contributed by atoms with Gasteiger partial charge < -0.3 is 5.32 Å². The quantitative estimate of drug-likeness (QED) is 0.913. The van der Waals surface area contributed by atoms with Crippen LogP contribution in [0.4, 0.5) is 4.39 Å². The second-order valence-electron chi connectivity index (χ2n) is 5.28. The molecule has 0 bridgehead atoms. The van der Waals surface area contributed by atoms with Crippen molar-refractivity contribution in [2.75, 3.05) is 7.05 Å². The third kappa shape index (κ3) is 3.04. The summed E-state index contributed by atoms with van der Waals surface area (Å²) in [5.41, 5.74) is 1.59. The molecular formula is C15H21FN4. The van der Waals surface area contributed by atoms with Crippen LogP contribution in [0, 0.1) is 12.7 Å². The Morgan fingerprint density at radius 1 is 1.35 bits per heavy atom. The molecule has 0 spiro atoms. The van der Waals surface area contributed by atoms with E-state index in [2.05, 4.69) is 29.2 Å². The van der Waals surface area contributed by atoms with Gasteiger partial charge in [0.2, 0.25) is 0 Å². The van der Waals surface area contributed by atoms with Gasteiger partial charge in [0.05, 0.1) is 0 Å². The van der Waals surface area contributed by atoms with E-state index in [1.807, 2.05) is 30.8 Å². The molecule has 0 fully saturated rings. The van der Waals surface area contributed by atoms with Crippen LogP contribution in [0.2, 0.25) is 0 Å². The number of hydrogen-bond acceptors (Lipinski definition) is 3. The minimum atomic E-state index is -0.181. The van der Waals surface area contributed by atoms with Gasteiger partial charge >= 0.3 is 0 Å². The lowest BCUT2D eigenvalue weighted by atomic mass is 10.0. The first kappa shape index (κ1) is 14.7. The van der Waals surface area contributed by atoms with Crippen LogP contribution in [0.3, 0.4) is 0 Å². The molecule has 1 atom stereocenters. The third-order valence-corrected chi connectivity index (χ3v) is 3.40. The zero-order valence-electron chi connectivity index (χ0n) is 12.4. The first-order valence-corrected chi connectivity index (χ1v) is 6.84. The maximum absolute atomic E-state index is 14.1. The summed E-state index contributed by atoms with van der Waals surface area (Å²) in [6, 6.07) is 5.45. The largest absolute Gasteiger partial charge is 0.313 e. The predicted molar refractivity (Wildman–Crippen MR) is 77.0 cm³/mol. The number of halogens is 1. The van der Waals surface area contributed by atoms with Gasteiger partial charge in [-0.3, -0.25) is 0 Å². The molecule has 2 aromatic rings. The summed E-state index contributed by atoms with van der Waals surface area (Å²) in [6.07, 6.45) is 2.15. The Bertz CT molecular complexity index is 577. The molecule has 20 heavy (non-hydrogen) atoms. The summed E-state index contributed by atoms with van der Waals surface area (Å²) < 4.78 is 16.0. The van der Waals surface area contributed by atoms with Crippen LogP contribution in [-0.4, -0.2) is 21.8 Å². The van der Waals surface area contributed by atoms with Crippen LogP contribution in [0.1, 0.15) is 42.9 Å². The minimum absolute atomic E-state index is 0.114. The second-order valence-corrected chi connectivity index (χ2v) is 5.28. The number of hydrogen-bond donors (Lipinski definition) is 1. The summed E-state index contributed by atoms with van der Waals surface area (Å²) in [7, 11) is 1.83. The van der Waals surface area contributed by atoms with Crippen LogP contribution < -0.4 is 5.32 Å². The standard InChI is InChI=1S/C15H21FN4/c1-10(2)20-15(18-9-19-20)8-14(17-4)12-6-5-11(3)7-13(12)16/h5-7,9-10,14,17H,8H2,1-4H3.